The zero-order valence-electron chi connectivity index (χ0n) is 3.96. The van der Waals surface area contributed by atoms with Crippen molar-refractivity contribution >= 4 is 21.0 Å². The first kappa shape index (κ1) is 5.30. The van der Waals surface area contributed by atoms with Crippen molar-refractivity contribution in [3.63, 3.8) is 0 Å². The van der Waals surface area contributed by atoms with Crippen LogP contribution in [0.15, 0.2) is 4.99 Å². The van der Waals surface area contributed by atoms with Crippen molar-refractivity contribution in [3.8, 4) is 0 Å². The molecule has 0 unspecified atom stereocenters. The second kappa shape index (κ2) is 1.59. The molecule has 0 aromatic heterocycles. The monoisotopic (exact) mass is 132 g/mol. The molecule has 0 radical (unpaired) electrons. The van der Waals surface area contributed by atoms with Gasteiger partial charge < -0.3 is 5.73 Å². The first-order valence-electron chi connectivity index (χ1n) is 1.97. The lowest BCUT2D eigenvalue weighted by atomic mass is 10.3. The van der Waals surface area contributed by atoms with Crippen LogP contribution in [0.2, 0.25) is 0 Å². The van der Waals surface area contributed by atoms with Gasteiger partial charge in [-0.25, -0.2) is 0 Å². The van der Waals surface area contributed by atoms with E-state index in [-0.39, 0.29) is 17.2 Å². The van der Waals surface area contributed by atoms with Gasteiger partial charge in [-0.15, -0.1) is 0 Å². The van der Waals surface area contributed by atoms with Crippen LogP contribution in [-0.2, 0) is 10.3 Å². The van der Waals surface area contributed by atoms with Crippen molar-refractivity contribution in [2.75, 3.05) is 6.54 Å². The summed E-state index contributed by atoms with van der Waals surface area (Å²) in [7, 11) is -2.14. The first-order chi connectivity index (χ1) is 3.72. The molecule has 1 aliphatic heterocycles. The SMILES string of the molecule is NC1=NCC1=S(=O)=O. The van der Waals surface area contributed by atoms with Crippen molar-refractivity contribution in [1.82, 2.24) is 0 Å². The van der Waals surface area contributed by atoms with Crippen molar-refractivity contribution in [2.24, 2.45) is 10.7 Å². The molecule has 5 heteroatoms. The predicted octanol–water partition coefficient (Wildman–Crippen LogP) is -1.59. The standard InChI is InChI=1S/C3H4N2O2S/c4-3-2(1-5-3)8(6)7/h1H2,(H2,4,5). The minimum atomic E-state index is -2.14. The molecule has 44 valence electrons. The van der Waals surface area contributed by atoms with Gasteiger partial charge in [0.2, 0.25) is 10.3 Å². The maximum absolute atomic E-state index is 9.99. The topological polar surface area (TPSA) is 72.5 Å². The normalized spacial score (nSPS) is 17.0. The highest BCUT2D eigenvalue weighted by molar-refractivity contribution is 7.75. The Bertz CT molecular complexity index is 253. The van der Waals surface area contributed by atoms with Crippen LogP contribution in [0.25, 0.3) is 0 Å². The molecule has 0 aliphatic carbocycles. The molecule has 0 amide bonds. The van der Waals surface area contributed by atoms with E-state index in [1.54, 1.807) is 0 Å². The van der Waals surface area contributed by atoms with E-state index in [9.17, 15) is 8.42 Å². The van der Waals surface area contributed by atoms with Gasteiger partial charge in [0.25, 0.3) is 0 Å². The predicted molar refractivity (Wildman–Crippen MR) is 30.4 cm³/mol. The molecule has 0 saturated carbocycles. The molecule has 1 aliphatic rings. The van der Waals surface area contributed by atoms with E-state index in [0.717, 1.165) is 0 Å². The molecule has 0 fully saturated rings. The van der Waals surface area contributed by atoms with E-state index in [1.165, 1.54) is 0 Å². The minimum Gasteiger partial charge on any atom is -0.383 e. The Morgan fingerprint density at radius 2 is 2.25 bits per heavy atom. The van der Waals surface area contributed by atoms with E-state index < -0.39 is 10.3 Å². The molecule has 4 nitrogen and oxygen atoms in total. The average Bonchev–Trinajstić information content (AvgIpc) is 1.61. The van der Waals surface area contributed by atoms with Gasteiger partial charge in [0.1, 0.15) is 10.7 Å². The molecular formula is C3H4N2O2S. The van der Waals surface area contributed by atoms with Crippen LogP contribution < -0.4 is 5.73 Å². The van der Waals surface area contributed by atoms with E-state index >= 15 is 0 Å². The molecule has 1 heterocycles. The van der Waals surface area contributed by atoms with Crippen LogP contribution in [-0.4, -0.2) is 25.7 Å². The van der Waals surface area contributed by atoms with Crippen LogP contribution in [0.1, 0.15) is 0 Å². The molecule has 0 aromatic carbocycles. The summed E-state index contributed by atoms with van der Waals surface area (Å²) < 4.78 is 20.0. The number of aliphatic imine (C=N–C) groups is 1. The highest BCUT2D eigenvalue weighted by atomic mass is 32.2. The van der Waals surface area contributed by atoms with Crippen LogP contribution in [0.4, 0.5) is 0 Å². The number of nitrogens with two attached hydrogens (primary N) is 1. The largest absolute Gasteiger partial charge is 0.383 e. The fourth-order valence-corrected chi connectivity index (χ4v) is 0.778. The second-order valence-corrected chi connectivity index (χ2v) is 2.32. The summed E-state index contributed by atoms with van der Waals surface area (Å²) in [6.45, 7) is 0.252. The van der Waals surface area contributed by atoms with Crippen molar-refractivity contribution in [2.45, 2.75) is 0 Å². The molecule has 8 heavy (non-hydrogen) atoms. The summed E-state index contributed by atoms with van der Waals surface area (Å²) in [6.07, 6.45) is 0. The van der Waals surface area contributed by atoms with Gasteiger partial charge in [-0.1, -0.05) is 0 Å². The number of hydrogen-bond acceptors (Lipinski definition) is 4. The fraction of sp³-hybridized carbons (Fsp3) is 0.333. The average molecular weight is 132 g/mol. The second-order valence-electron chi connectivity index (χ2n) is 1.36. The Morgan fingerprint density at radius 3 is 2.25 bits per heavy atom. The van der Waals surface area contributed by atoms with Crippen molar-refractivity contribution in [1.29, 1.82) is 0 Å². The molecule has 1 rings (SSSR count). The lowest BCUT2D eigenvalue weighted by Crippen LogP contribution is -2.35. The molecule has 2 N–H and O–H groups in total. The van der Waals surface area contributed by atoms with Gasteiger partial charge in [0.15, 0.2) is 0 Å². The Labute approximate surface area is 47.6 Å². The zero-order chi connectivity index (χ0) is 6.15. The van der Waals surface area contributed by atoms with E-state index in [0.29, 0.717) is 0 Å². The third-order valence-corrected chi connectivity index (χ3v) is 1.62. The van der Waals surface area contributed by atoms with Crippen LogP contribution in [0, 0.1) is 0 Å². The summed E-state index contributed by atoms with van der Waals surface area (Å²) in [4.78, 5) is 3.76. The van der Waals surface area contributed by atoms with Gasteiger partial charge in [0, 0.05) is 0 Å². The smallest absolute Gasteiger partial charge is 0.222 e. The van der Waals surface area contributed by atoms with Gasteiger partial charge in [-0.05, 0) is 0 Å². The summed E-state index contributed by atoms with van der Waals surface area (Å²) in [5.41, 5.74) is 5.04. The third kappa shape index (κ3) is 0.604. The number of hydrogen-bond donors (Lipinski definition) is 1. The lowest BCUT2D eigenvalue weighted by Gasteiger charge is -2.06. The van der Waals surface area contributed by atoms with E-state index in [1.807, 2.05) is 0 Å². The molecular weight excluding hydrogens is 128 g/mol. The Morgan fingerprint density at radius 1 is 1.62 bits per heavy atom. The van der Waals surface area contributed by atoms with Gasteiger partial charge in [0.05, 0.1) is 6.54 Å². The minimum absolute atomic E-state index is 0.151. The Hall–Kier alpha value is -0.840. The molecule has 0 spiro atoms. The first-order valence-corrected chi connectivity index (χ1v) is 3.04. The zero-order valence-corrected chi connectivity index (χ0v) is 4.77. The fourth-order valence-electron chi connectivity index (χ4n) is 0.373. The molecule has 0 atom stereocenters. The van der Waals surface area contributed by atoms with Crippen molar-refractivity contribution < 1.29 is 8.42 Å². The summed E-state index contributed by atoms with van der Waals surface area (Å²) >= 11 is 0. The van der Waals surface area contributed by atoms with Crippen LogP contribution >= 0.6 is 0 Å². The summed E-state index contributed by atoms with van der Waals surface area (Å²) in [6, 6.07) is 0. The van der Waals surface area contributed by atoms with Gasteiger partial charge in [-0.3, -0.25) is 4.99 Å². The third-order valence-electron chi connectivity index (χ3n) is 0.880. The van der Waals surface area contributed by atoms with E-state index in [2.05, 4.69) is 4.99 Å². The van der Waals surface area contributed by atoms with E-state index in [4.69, 9.17) is 5.73 Å². The molecule has 0 aromatic rings. The number of nitrogens with zero attached hydrogens (tertiary/aromatic N) is 1. The van der Waals surface area contributed by atoms with Crippen LogP contribution in [0.5, 0.6) is 0 Å². The van der Waals surface area contributed by atoms with Crippen molar-refractivity contribution in [3.05, 3.63) is 0 Å². The summed E-state index contributed by atoms with van der Waals surface area (Å²) in [5, 5.41) is 0. The Balaban J connectivity index is 3.18. The quantitative estimate of drug-likeness (QED) is 0.404. The van der Waals surface area contributed by atoms with Crippen LogP contribution in [0.3, 0.4) is 0 Å². The Kier molecular flexibility index (Phi) is 1.05. The van der Waals surface area contributed by atoms with Gasteiger partial charge >= 0.3 is 0 Å². The van der Waals surface area contributed by atoms with Gasteiger partial charge in [-0.2, -0.15) is 8.42 Å². The maximum atomic E-state index is 9.99. The molecule has 0 saturated heterocycles. The molecule has 0 bridgehead atoms. The summed E-state index contributed by atoms with van der Waals surface area (Å²) in [5.74, 6) is 0.151. The number of rotatable bonds is 0. The highest BCUT2D eigenvalue weighted by Gasteiger charge is 2.14. The highest BCUT2D eigenvalue weighted by Crippen LogP contribution is 1.89. The number of amidine groups is 1. The lowest BCUT2D eigenvalue weighted by molar-refractivity contribution is 0.627. The maximum Gasteiger partial charge on any atom is 0.222 e.